The van der Waals surface area contributed by atoms with Gasteiger partial charge in [0.15, 0.2) is 0 Å². The first-order valence-corrected chi connectivity index (χ1v) is 4.87. The Morgan fingerprint density at radius 3 is 2.69 bits per heavy atom. The van der Waals surface area contributed by atoms with Crippen LogP contribution in [-0.4, -0.2) is 22.1 Å². The monoisotopic (exact) mass is 181 g/mol. The van der Waals surface area contributed by atoms with Gasteiger partial charge in [-0.05, 0) is 12.5 Å². The second-order valence-electron chi connectivity index (χ2n) is 3.93. The maximum atomic E-state index is 4.01. The molecule has 1 aromatic heterocycles. The summed E-state index contributed by atoms with van der Waals surface area (Å²) in [6.07, 6.45) is 5.69. The highest BCUT2D eigenvalue weighted by Crippen LogP contribution is 1.98. The summed E-state index contributed by atoms with van der Waals surface area (Å²) in [6, 6.07) is 0.574. The van der Waals surface area contributed by atoms with E-state index in [1.54, 1.807) is 0 Å². The van der Waals surface area contributed by atoms with Gasteiger partial charge in [-0.3, -0.25) is 0 Å². The van der Waals surface area contributed by atoms with Crippen LogP contribution in [0.4, 0.5) is 0 Å². The van der Waals surface area contributed by atoms with E-state index in [-0.39, 0.29) is 0 Å². The summed E-state index contributed by atoms with van der Waals surface area (Å²) in [6.45, 7) is 8.69. The van der Waals surface area contributed by atoms with Gasteiger partial charge < -0.3 is 9.88 Å². The Bertz CT molecular complexity index is 216. The molecule has 74 valence electrons. The molecule has 1 N–H and O–H groups in total. The van der Waals surface area contributed by atoms with Crippen LogP contribution in [0.2, 0.25) is 0 Å². The lowest BCUT2D eigenvalue weighted by atomic mass is 10.1. The van der Waals surface area contributed by atoms with E-state index in [1.807, 2.05) is 18.7 Å². The number of hydrogen-bond donors (Lipinski definition) is 1. The maximum Gasteiger partial charge on any atom is 0.0946 e. The minimum Gasteiger partial charge on any atom is -0.337 e. The van der Waals surface area contributed by atoms with E-state index in [1.165, 1.54) is 0 Å². The fourth-order valence-corrected chi connectivity index (χ4v) is 1.26. The lowest BCUT2D eigenvalue weighted by molar-refractivity contribution is 0.425. The second kappa shape index (κ2) is 5.02. The minimum atomic E-state index is 0.574. The number of imidazole rings is 1. The fourth-order valence-electron chi connectivity index (χ4n) is 1.26. The Morgan fingerprint density at radius 2 is 2.15 bits per heavy atom. The van der Waals surface area contributed by atoms with E-state index in [0.29, 0.717) is 12.0 Å². The summed E-state index contributed by atoms with van der Waals surface area (Å²) >= 11 is 0. The smallest absolute Gasteiger partial charge is 0.0946 e. The molecule has 0 bridgehead atoms. The number of rotatable bonds is 5. The van der Waals surface area contributed by atoms with Crippen LogP contribution in [0.1, 0.15) is 20.8 Å². The van der Waals surface area contributed by atoms with Crippen LogP contribution in [-0.2, 0) is 6.54 Å². The van der Waals surface area contributed by atoms with Gasteiger partial charge >= 0.3 is 0 Å². The van der Waals surface area contributed by atoms with Gasteiger partial charge in [0, 0.05) is 25.0 Å². The topological polar surface area (TPSA) is 29.9 Å². The van der Waals surface area contributed by atoms with Crippen molar-refractivity contribution >= 4 is 0 Å². The fraction of sp³-hybridized carbons (Fsp3) is 0.700. The van der Waals surface area contributed by atoms with Crippen molar-refractivity contribution in [3.05, 3.63) is 18.7 Å². The molecule has 3 nitrogen and oxygen atoms in total. The molecule has 1 aromatic rings. The lowest BCUT2D eigenvalue weighted by Gasteiger charge is -2.14. The number of nitrogens with zero attached hydrogens (tertiary/aromatic N) is 2. The molecule has 0 saturated heterocycles. The molecule has 1 heterocycles. The average Bonchev–Trinajstić information content (AvgIpc) is 2.53. The lowest BCUT2D eigenvalue weighted by Crippen LogP contribution is -2.29. The molecule has 3 heteroatoms. The quantitative estimate of drug-likeness (QED) is 0.746. The van der Waals surface area contributed by atoms with E-state index >= 15 is 0 Å². The highest BCUT2D eigenvalue weighted by Gasteiger charge is 2.02. The molecular weight excluding hydrogens is 162 g/mol. The van der Waals surface area contributed by atoms with Gasteiger partial charge in [0.1, 0.15) is 0 Å². The van der Waals surface area contributed by atoms with Gasteiger partial charge in [-0.2, -0.15) is 0 Å². The van der Waals surface area contributed by atoms with Crippen molar-refractivity contribution in [3.63, 3.8) is 0 Å². The number of nitrogens with one attached hydrogen (secondary N) is 1. The first-order valence-electron chi connectivity index (χ1n) is 4.87. The molecule has 0 aliphatic heterocycles. The molecule has 0 aliphatic rings. The predicted octanol–water partition coefficient (Wildman–Crippen LogP) is 1.52. The molecule has 13 heavy (non-hydrogen) atoms. The van der Waals surface area contributed by atoms with Crippen molar-refractivity contribution in [1.82, 2.24) is 14.9 Å². The van der Waals surface area contributed by atoms with Crippen LogP contribution in [0.5, 0.6) is 0 Å². The van der Waals surface area contributed by atoms with E-state index in [2.05, 4.69) is 35.6 Å². The molecular formula is C10H19N3. The van der Waals surface area contributed by atoms with Crippen LogP contribution < -0.4 is 5.32 Å². The van der Waals surface area contributed by atoms with Crippen molar-refractivity contribution in [2.75, 3.05) is 6.54 Å². The Balaban J connectivity index is 2.22. The third-order valence-corrected chi connectivity index (χ3v) is 1.96. The van der Waals surface area contributed by atoms with Crippen LogP contribution in [0.15, 0.2) is 18.7 Å². The first-order chi connectivity index (χ1) is 6.18. The SMILES string of the molecule is CC(CNC(C)C)Cn1ccnc1. The molecule has 0 amide bonds. The van der Waals surface area contributed by atoms with Gasteiger partial charge in [-0.15, -0.1) is 0 Å². The standard InChI is InChI=1S/C10H19N3/c1-9(2)12-6-10(3)7-13-5-4-11-8-13/h4-5,8-10,12H,6-7H2,1-3H3. The summed E-state index contributed by atoms with van der Waals surface area (Å²) in [4.78, 5) is 4.01. The van der Waals surface area contributed by atoms with E-state index in [4.69, 9.17) is 0 Å². The highest BCUT2D eigenvalue weighted by atomic mass is 15.0. The number of hydrogen-bond acceptors (Lipinski definition) is 2. The zero-order chi connectivity index (χ0) is 9.68. The molecule has 0 aliphatic carbocycles. The van der Waals surface area contributed by atoms with Crippen LogP contribution in [0.25, 0.3) is 0 Å². The van der Waals surface area contributed by atoms with Gasteiger partial charge in [0.05, 0.1) is 6.33 Å². The number of aromatic nitrogens is 2. The molecule has 0 saturated carbocycles. The average molecular weight is 181 g/mol. The minimum absolute atomic E-state index is 0.574. The van der Waals surface area contributed by atoms with Gasteiger partial charge in [-0.25, -0.2) is 4.98 Å². The van der Waals surface area contributed by atoms with Crippen molar-refractivity contribution in [2.45, 2.75) is 33.4 Å². The van der Waals surface area contributed by atoms with Crippen molar-refractivity contribution in [1.29, 1.82) is 0 Å². The zero-order valence-electron chi connectivity index (χ0n) is 8.70. The third-order valence-electron chi connectivity index (χ3n) is 1.96. The van der Waals surface area contributed by atoms with Crippen LogP contribution >= 0.6 is 0 Å². The molecule has 0 spiro atoms. The van der Waals surface area contributed by atoms with Crippen molar-refractivity contribution < 1.29 is 0 Å². The Labute approximate surface area is 80.2 Å². The van der Waals surface area contributed by atoms with Crippen molar-refractivity contribution in [3.8, 4) is 0 Å². The summed E-state index contributed by atoms with van der Waals surface area (Å²) in [7, 11) is 0. The zero-order valence-corrected chi connectivity index (χ0v) is 8.70. The van der Waals surface area contributed by atoms with Gasteiger partial charge in [-0.1, -0.05) is 20.8 Å². The van der Waals surface area contributed by atoms with Crippen LogP contribution in [0, 0.1) is 5.92 Å². The van der Waals surface area contributed by atoms with E-state index in [0.717, 1.165) is 13.1 Å². The maximum absolute atomic E-state index is 4.01. The van der Waals surface area contributed by atoms with E-state index in [9.17, 15) is 0 Å². The largest absolute Gasteiger partial charge is 0.337 e. The molecule has 0 radical (unpaired) electrons. The van der Waals surface area contributed by atoms with E-state index < -0.39 is 0 Å². The molecule has 1 atom stereocenters. The Kier molecular flexibility index (Phi) is 3.96. The van der Waals surface area contributed by atoms with Crippen LogP contribution in [0.3, 0.4) is 0 Å². The molecule has 1 unspecified atom stereocenters. The predicted molar refractivity (Wildman–Crippen MR) is 54.5 cm³/mol. The Hall–Kier alpha value is -0.830. The van der Waals surface area contributed by atoms with Gasteiger partial charge in [0.25, 0.3) is 0 Å². The van der Waals surface area contributed by atoms with Crippen molar-refractivity contribution in [2.24, 2.45) is 5.92 Å². The molecule has 0 fully saturated rings. The molecule has 1 rings (SSSR count). The first kappa shape index (κ1) is 10.3. The summed E-state index contributed by atoms with van der Waals surface area (Å²) < 4.78 is 2.12. The van der Waals surface area contributed by atoms with Gasteiger partial charge in [0.2, 0.25) is 0 Å². The normalized spacial score (nSPS) is 13.5. The Morgan fingerprint density at radius 1 is 1.38 bits per heavy atom. The third kappa shape index (κ3) is 4.08. The highest BCUT2D eigenvalue weighted by molar-refractivity contribution is 4.75. The second-order valence-corrected chi connectivity index (χ2v) is 3.93. The summed E-state index contributed by atoms with van der Waals surface area (Å²) in [5.41, 5.74) is 0. The summed E-state index contributed by atoms with van der Waals surface area (Å²) in [5.74, 6) is 0.650. The summed E-state index contributed by atoms with van der Waals surface area (Å²) in [5, 5.41) is 3.42. The molecule has 0 aromatic carbocycles.